The Kier molecular flexibility index (Phi) is 2.79. The molecule has 18 heavy (non-hydrogen) atoms. The number of fused-ring (bicyclic) bond motifs is 1. The summed E-state index contributed by atoms with van der Waals surface area (Å²) in [5, 5.41) is 10.3. The lowest BCUT2D eigenvalue weighted by Gasteiger charge is -2.28. The highest BCUT2D eigenvalue weighted by molar-refractivity contribution is 7.10. The van der Waals surface area contributed by atoms with Gasteiger partial charge in [0.25, 0.3) is 0 Å². The normalized spacial score (nSPS) is 19.8. The minimum absolute atomic E-state index is 0.0482. The molecule has 3 nitrogen and oxygen atoms in total. The second-order valence-electron chi connectivity index (χ2n) is 5.83. The van der Waals surface area contributed by atoms with Crippen molar-refractivity contribution in [2.24, 2.45) is 0 Å². The molecular weight excluding hydrogens is 242 g/mol. The van der Waals surface area contributed by atoms with Crippen LogP contribution in [0, 0.1) is 0 Å². The summed E-state index contributed by atoms with van der Waals surface area (Å²) < 4.78 is 2.16. The summed E-state index contributed by atoms with van der Waals surface area (Å²) in [6.45, 7) is 8.55. The van der Waals surface area contributed by atoms with E-state index in [2.05, 4.69) is 59.6 Å². The van der Waals surface area contributed by atoms with Crippen molar-refractivity contribution in [3.05, 3.63) is 39.8 Å². The van der Waals surface area contributed by atoms with Crippen molar-refractivity contribution in [1.82, 2.24) is 15.1 Å². The maximum absolute atomic E-state index is 4.61. The topological polar surface area (TPSA) is 29.9 Å². The van der Waals surface area contributed by atoms with E-state index in [1.54, 1.807) is 0 Å². The van der Waals surface area contributed by atoms with E-state index in [0.29, 0.717) is 5.92 Å². The molecule has 0 aromatic carbocycles. The molecule has 3 heterocycles. The van der Waals surface area contributed by atoms with Crippen molar-refractivity contribution in [3.8, 4) is 0 Å². The molecule has 1 aliphatic rings. The summed E-state index contributed by atoms with van der Waals surface area (Å²) in [4.78, 5) is 1.43. The van der Waals surface area contributed by atoms with Crippen molar-refractivity contribution in [2.75, 3.05) is 6.54 Å². The molecule has 1 unspecified atom stereocenters. The highest BCUT2D eigenvalue weighted by atomic mass is 32.1. The minimum atomic E-state index is 0.0482. The van der Waals surface area contributed by atoms with Gasteiger partial charge in [0.1, 0.15) is 0 Å². The van der Waals surface area contributed by atoms with Gasteiger partial charge in [0.05, 0.1) is 17.4 Å². The van der Waals surface area contributed by atoms with E-state index in [1.807, 2.05) is 11.3 Å². The summed E-state index contributed by atoms with van der Waals surface area (Å²) in [5.74, 6) is 0.463. The number of hydrogen-bond acceptors (Lipinski definition) is 3. The van der Waals surface area contributed by atoms with Crippen LogP contribution in [0.15, 0.2) is 23.7 Å². The Morgan fingerprint density at radius 2 is 2.28 bits per heavy atom. The molecule has 1 atom stereocenters. The molecule has 0 aliphatic carbocycles. The van der Waals surface area contributed by atoms with Gasteiger partial charge >= 0.3 is 0 Å². The van der Waals surface area contributed by atoms with Gasteiger partial charge in [-0.2, -0.15) is 5.10 Å². The second kappa shape index (κ2) is 4.21. The first-order valence-electron chi connectivity index (χ1n) is 6.39. The van der Waals surface area contributed by atoms with Gasteiger partial charge in [-0.15, -0.1) is 11.3 Å². The molecule has 0 saturated carbocycles. The van der Waals surface area contributed by atoms with E-state index in [9.17, 15) is 0 Å². The van der Waals surface area contributed by atoms with Crippen LogP contribution in [0.4, 0.5) is 0 Å². The van der Waals surface area contributed by atoms with Crippen LogP contribution in [0.5, 0.6) is 0 Å². The van der Waals surface area contributed by atoms with Crippen molar-refractivity contribution in [1.29, 1.82) is 0 Å². The summed E-state index contributed by atoms with van der Waals surface area (Å²) in [7, 11) is 0. The molecule has 0 radical (unpaired) electrons. The summed E-state index contributed by atoms with van der Waals surface area (Å²) in [6.07, 6.45) is 2.06. The average molecular weight is 261 g/mol. The molecule has 96 valence electrons. The van der Waals surface area contributed by atoms with Gasteiger partial charge in [0.2, 0.25) is 0 Å². The number of nitrogens with zero attached hydrogens (tertiary/aromatic N) is 2. The van der Waals surface area contributed by atoms with Gasteiger partial charge in [-0.05, 0) is 32.2 Å². The maximum atomic E-state index is 4.61. The zero-order chi connectivity index (χ0) is 12.8. The van der Waals surface area contributed by atoms with Crippen molar-refractivity contribution < 1.29 is 0 Å². The molecule has 0 bridgehead atoms. The molecule has 0 spiro atoms. The van der Waals surface area contributed by atoms with Crippen LogP contribution in [0.25, 0.3) is 0 Å². The third-order valence-corrected chi connectivity index (χ3v) is 4.43. The average Bonchev–Trinajstić information content (AvgIpc) is 2.96. The van der Waals surface area contributed by atoms with Gasteiger partial charge < -0.3 is 5.32 Å². The van der Waals surface area contributed by atoms with Crippen molar-refractivity contribution in [3.63, 3.8) is 0 Å². The van der Waals surface area contributed by atoms with Gasteiger partial charge in [0, 0.05) is 29.4 Å². The summed E-state index contributed by atoms with van der Waals surface area (Å²) in [5.41, 5.74) is 2.78. The monoisotopic (exact) mass is 261 g/mol. The molecule has 0 saturated heterocycles. The van der Waals surface area contributed by atoms with Gasteiger partial charge in [-0.1, -0.05) is 6.07 Å². The van der Waals surface area contributed by atoms with Gasteiger partial charge in [-0.25, -0.2) is 0 Å². The smallest absolute Gasteiger partial charge is 0.0567 e. The Labute approximate surface area is 112 Å². The first kappa shape index (κ1) is 11.9. The second-order valence-corrected chi connectivity index (χ2v) is 6.81. The maximum Gasteiger partial charge on any atom is 0.0567 e. The van der Waals surface area contributed by atoms with E-state index in [0.717, 1.165) is 13.1 Å². The lowest BCUT2D eigenvalue weighted by molar-refractivity contribution is 0.336. The molecule has 0 amide bonds. The van der Waals surface area contributed by atoms with Crippen LogP contribution < -0.4 is 5.32 Å². The molecule has 1 aliphatic heterocycles. The van der Waals surface area contributed by atoms with E-state index < -0.39 is 0 Å². The Morgan fingerprint density at radius 3 is 2.94 bits per heavy atom. The van der Waals surface area contributed by atoms with E-state index in [1.165, 1.54) is 16.1 Å². The fourth-order valence-corrected chi connectivity index (χ4v) is 3.47. The highest BCUT2D eigenvalue weighted by Crippen LogP contribution is 2.34. The Hall–Kier alpha value is -1.13. The lowest BCUT2D eigenvalue weighted by atomic mass is 9.94. The summed E-state index contributed by atoms with van der Waals surface area (Å²) in [6, 6.07) is 4.35. The number of thiophene rings is 1. The fourth-order valence-electron chi connectivity index (χ4n) is 2.62. The number of rotatable bonds is 1. The molecule has 2 aromatic rings. The van der Waals surface area contributed by atoms with Crippen LogP contribution in [-0.2, 0) is 12.1 Å². The van der Waals surface area contributed by atoms with E-state index in [4.69, 9.17) is 0 Å². The molecular formula is C14H19N3S. The first-order valence-corrected chi connectivity index (χ1v) is 7.27. The van der Waals surface area contributed by atoms with Crippen LogP contribution in [0.2, 0.25) is 0 Å². The number of nitrogens with one attached hydrogen (secondary N) is 1. The zero-order valence-corrected chi connectivity index (χ0v) is 11.9. The van der Waals surface area contributed by atoms with Crippen LogP contribution in [-0.4, -0.2) is 16.3 Å². The molecule has 2 aromatic heterocycles. The Bertz CT molecular complexity index is 534. The van der Waals surface area contributed by atoms with Crippen molar-refractivity contribution in [2.45, 2.75) is 38.8 Å². The number of hydrogen-bond donors (Lipinski definition) is 1. The van der Waals surface area contributed by atoms with Gasteiger partial charge in [-0.3, -0.25) is 4.68 Å². The molecule has 4 heteroatoms. The zero-order valence-electron chi connectivity index (χ0n) is 11.1. The Balaban J connectivity index is 2.05. The van der Waals surface area contributed by atoms with E-state index in [-0.39, 0.29) is 5.54 Å². The predicted molar refractivity (Wildman–Crippen MR) is 75.1 cm³/mol. The quantitative estimate of drug-likeness (QED) is 0.855. The third kappa shape index (κ3) is 1.89. The van der Waals surface area contributed by atoms with Gasteiger partial charge in [0.15, 0.2) is 0 Å². The van der Waals surface area contributed by atoms with Crippen LogP contribution >= 0.6 is 11.3 Å². The summed E-state index contributed by atoms with van der Waals surface area (Å²) >= 11 is 1.83. The molecule has 3 rings (SSSR count). The lowest BCUT2D eigenvalue weighted by Crippen LogP contribution is -2.33. The standard InChI is InChI=1S/C14H19N3S/c1-14(2,3)17-12-9-15-7-11(10(12)8-16-17)13-5-4-6-18-13/h4-6,8,11,15H,7,9H2,1-3H3. The minimum Gasteiger partial charge on any atom is -0.310 e. The van der Waals surface area contributed by atoms with Crippen LogP contribution in [0.3, 0.4) is 0 Å². The molecule has 1 N–H and O–H groups in total. The number of aromatic nitrogens is 2. The fraction of sp³-hybridized carbons (Fsp3) is 0.500. The van der Waals surface area contributed by atoms with Crippen molar-refractivity contribution >= 4 is 11.3 Å². The highest BCUT2D eigenvalue weighted by Gasteiger charge is 2.29. The predicted octanol–water partition coefficient (Wildman–Crippen LogP) is 2.93. The van der Waals surface area contributed by atoms with E-state index >= 15 is 0 Å². The van der Waals surface area contributed by atoms with Crippen LogP contribution in [0.1, 0.15) is 42.8 Å². The first-order chi connectivity index (χ1) is 8.57. The third-order valence-electron chi connectivity index (χ3n) is 3.44. The SMILES string of the molecule is CC(C)(C)n1ncc2c1CNCC2c1cccs1. The largest absolute Gasteiger partial charge is 0.310 e. The molecule has 0 fully saturated rings. The Morgan fingerprint density at radius 1 is 1.44 bits per heavy atom.